The molecule has 0 bridgehead atoms. The van der Waals surface area contributed by atoms with E-state index >= 15 is 0 Å². The van der Waals surface area contributed by atoms with E-state index in [0.29, 0.717) is 0 Å². The lowest BCUT2D eigenvalue weighted by Gasteiger charge is -1.97. The lowest BCUT2D eigenvalue weighted by atomic mass is 10.1. The first-order valence-electron chi connectivity index (χ1n) is 4.36. The summed E-state index contributed by atoms with van der Waals surface area (Å²) in [7, 11) is 0. The predicted octanol–water partition coefficient (Wildman–Crippen LogP) is 2.66. The summed E-state index contributed by atoms with van der Waals surface area (Å²) < 4.78 is 0. The molecule has 0 heterocycles. The molecule has 3 rings (SSSR count). The maximum Gasteiger partial charge on any atom is -0.000684 e. The highest BCUT2D eigenvalue weighted by atomic mass is 14.2. The molecule has 0 spiro atoms. The van der Waals surface area contributed by atoms with Gasteiger partial charge >= 0.3 is 0 Å². The second kappa shape index (κ2) is 2.46. The fraction of sp³-hybridized carbons (Fsp3) is 0.0769. The third-order valence-electron chi connectivity index (χ3n) is 2.49. The van der Waals surface area contributed by atoms with Crippen molar-refractivity contribution in [2.75, 3.05) is 0 Å². The molecule has 13 heavy (non-hydrogen) atoms. The van der Waals surface area contributed by atoms with Gasteiger partial charge in [-0.15, -0.1) is 0 Å². The number of fused-ring (bicyclic) bond motifs is 3. The Hall–Kier alpha value is -1.56. The summed E-state index contributed by atoms with van der Waals surface area (Å²) in [6.07, 6.45) is 0.985. The van der Waals surface area contributed by atoms with Gasteiger partial charge in [-0.05, 0) is 46.9 Å². The maximum atomic E-state index is 3.16. The van der Waals surface area contributed by atoms with Crippen LogP contribution in [-0.4, -0.2) is 0 Å². The van der Waals surface area contributed by atoms with E-state index in [-0.39, 0.29) is 0 Å². The highest BCUT2D eigenvalue weighted by molar-refractivity contribution is 5.76. The molecule has 0 aromatic heterocycles. The van der Waals surface area contributed by atoms with E-state index in [9.17, 15) is 0 Å². The van der Waals surface area contributed by atoms with Gasteiger partial charge < -0.3 is 0 Å². The number of hydrogen-bond donors (Lipinski definition) is 0. The molecule has 0 atom stereocenters. The van der Waals surface area contributed by atoms with Crippen LogP contribution in [0.15, 0.2) is 30.3 Å². The van der Waals surface area contributed by atoms with Gasteiger partial charge in [0.2, 0.25) is 0 Å². The average Bonchev–Trinajstić information content (AvgIpc) is 2.56. The van der Waals surface area contributed by atoms with Gasteiger partial charge in [0.15, 0.2) is 0 Å². The van der Waals surface area contributed by atoms with Crippen LogP contribution in [-0.2, 0) is 6.42 Å². The van der Waals surface area contributed by atoms with Crippen molar-refractivity contribution in [3.05, 3.63) is 59.7 Å². The second-order valence-electron chi connectivity index (χ2n) is 3.25. The van der Waals surface area contributed by atoms with Gasteiger partial charge in [-0.3, -0.25) is 0 Å². The molecule has 0 heteroatoms. The Labute approximate surface area is 77.8 Å². The molecular formula is C13H7. The maximum absolute atomic E-state index is 3.16. The third-order valence-corrected chi connectivity index (χ3v) is 2.49. The molecule has 0 fully saturated rings. The molecule has 0 N–H and O–H groups in total. The molecule has 0 amide bonds. The monoisotopic (exact) mass is 163 g/mol. The lowest BCUT2D eigenvalue weighted by Crippen LogP contribution is -1.78. The van der Waals surface area contributed by atoms with Crippen LogP contribution in [0, 0.1) is 18.2 Å². The van der Waals surface area contributed by atoms with Gasteiger partial charge in [0, 0.05) is 0 Å². The standard InChI is InChI=1S/C13H7/c1-3-7-12-10(5-1)9-11-6-2-4-8-13(11)12/h3-5,7-8H,9H2. The summed E-state index contributed by atoms with van der Waals surface area (Å²) in [5, 5.41) is 0. The van der Waals surface area contributed by atoms with Gasteiger partial charge in [-0.2, -0.15) is 0 Å². The zero-order chi connectivity index (χ0) is 8.67. The number of benzene rings is 2. The van der Waals surface area contributed by atoms with E-state index in [0.717, 1.165) is 6.42 Å². The summed E-state index contributed by atoms with van der Waals surface area (Å²) in [4.78, 5) is 0. The summed E-state index contributed by atoms with van der Waals surface area (Å²) >= 11 is 0. The second-order valence-corrected chi connectivity index (χ2v) is 3.25. The zero-order valence-corrected chi connectivity index (χ0v) is 7.09. The summed E-state index contributed by atoms with van der Waals surface area (Å²) in [6, 6.07) is 19.4. The van der Waals surface area contributed by atoms with Crippen molar-refractivity contribution in [1.29, 1.82) is 0 Å². The Morgan fingerprint density at radius 1 is 1.08 bits per heavy atom. The molecule has 1 aliphatic carbocycles. The highest BCUT2D eigenvalue weighted by Gasteiger charge is 2.16. The molecule has 0 unspecified atom stereocenters. The first-order valence-corrected chi connectivity index (χ1v) is 4.36. The van der Waals surface area contributed by atoms with Crippen LogP contribution >= 0.6 is 0 Å². The molecule has 2 aromatic rings. The van der Waals surface area contributed by atoms with E-state index in [1.807, 2.05) is 12.1 Å². The third kappa shape index (κ3) is 0.919. The quantitative estimate of drug-likeness (QED) is 0.478. The SMILES string of the molecule is [c]1[c]c2c(cc1)-c1cc[c]cc1C2. The van der Waals surface area contributed by atoms with Crippen LogP contribution in [0.3, 0.4) is 0 Å². The Morgan fingerprint density at radius 3 is 3.00 bits per heavy atom. The van der Waals surface area contributed by atoms with Crippen molar-refractivity contribution < 1.29 is 0 Å². The largest absolute Gasteiger partial charge is 0.0537 e. The first kappa shape index (κ1) is 6.90. The first-order chi connectivity index (χ1) is 6.45. The average molecular weight is 163 g/mol. The van der Waals surface area contributed by atoms with Gasteiger partial charge in [0.1, 0.15) is 0 Å². The number of rotatable bonds is 0. The van der Waals surface area contributed by atoms with E-state index < -0.39 is 0 Å². The van der Waals surface area contributed by atoms with Gasteiger partial charge in [-0.1, -0.05) is 30.3 Å². The van der Waals surface area contributed by atoms with Gasteiger partial charge in [-0.25, -0.2) is 0 Å². The highest BCUT2D eigenvalue weighted by Crippen LogP contribution is 2.35. The van der Waals surface area contributed by atoms with Crippen molar-refractivity contribution in [3.63, 3.8) is 0 Å². The van der Waals surface area contributed by atoms with Crippen LogP contribution in [0.25, 0.3) is 11.1 Å². The lowest BCUT2D eigenvalue weighted by molar-refractivity contribution is 1.26. The van der Waals surface area contributed by atoms with Gasteiger partial charge in [0.25, 0.3) is 0 Å². The van der Waals surface area contributed by atoms with E-state index in [1.54, 1.807) is 0 Å². The molecule has 1 aliphatic rings. The minimum Gasteiger partial charge on any atom is -0.0537 e. The fourth-order valence-corrected chi connectivity index (χ4v) is 1.88. The van der Waals surface area contributed by atoms with Crippen molar-refractivity contribution >= 4 is 0 Å². The van der Waals surface area contributed by atoms with Gasteiger partial charge in [0.05, 0.1) is 0 Å². The molecule has 0 saturated carbocycles. The van der Waals surface area contributed by atoms with Crippen molar-refractivity contribution in [2.45, 2.75) is 6.42 Å². The molecule has 59 valence electrons. The van der Waals surface area contributed by atoms with E-state index in [2.05, 4.69) is 36.4 Å². The summed E-state index contributed by atoms with van der Waals surface area (Å²) in [5.74, 6) is 0. The van der Waals surface area contributed by atoms with Crippen molar-refractivity contribution in [3.8, 4) is 11.1 Å². The molecule has 2 aromatic carbocycles. The summed E-state index contributed by atoms with van der Waals surface area (Å²) in [6.45, 7) is 0. The molecule has 0 aliphatic heterocycles. The molecule has 3 radical (unpaired) electrons. The predicted molar refractivity (Wildman–Crippen MR) is 51.2 cm³/mol. The van der Waals surface area contributed by atoms with Crippen LogP contribution in [0.1, 0.15) is 11.1 Å². The fourth-order valence-electron chi connectivity index (χ4n) is 1.88. The van der Waals surface area contributed by atoms with E-state index in [1.165, 1.54) is 22.3 Å². The van der Waals surface area contributed by atoms with E-state index in [4.69, 9.17) is 0 Å². The zero-order valence-electron chi connectivity index (χ0n) is 7.09. The molecule has 0 saturated heterocycles. The Bertz CT molecular complexity index is 412. The number of hydrogen-bond acceptors (Lipinski definition) is 0. The van der Waals surface area contributed by atoms with Crippen LogP contribution in [0.2, 0.25) is 0 Å². The normalized spacial score (nSPS) is 12.3. The smallest absolute Gasteiger partial charge is 0.000684 e. The Morgan fingerprint density at radius 2 is 2.00 bits per heavy atom. The van der Waals surface area contributed by atoms with Crippen molar-refractivity contribution in [1.82, 2.24) is 0 Å². The Balaban J connectivity index is 2.32. The van der Waals surface area contributed by atoms with Crippen LogP contribution in [0.4, 0.5) is 0 Å². The topological polar surface area (TPSA) is 0 Å². The summed E-state index contributed by atoms with van der Waals surface area (Å²) in [5.41, 5.74) is 5.26. The minimum absolute atomic E-state index is 0.985. The van der Waals surface area contributed by atoms with Crippen LogP contribution in [0.5, 0.6) is 0 Å². The molecular weight excluding hydrogens is 156 g/mol. The molecule has 0 nitrogen and oxygen atoms in total. The van der Waals surface area contributed by atoms with Crippen LogP contribution < -0.4 is 0 Å². The Kier molecular flexibility index (Phi) is 1.31. The minimum atomic E-state index is 0.985. The van der Waals surface area contributed by atoms with Crippen molar-refractivity contribution in [2.24, 2.45) is 0 Å².